The van der Waals surface area contributed by atoms with Crippen molar-refractivity contribution >= 4 is 5.91 Å². The Kier molecular flexibility index (Phi) is 5.53. The molecule has 26 heavy (non-hydrogen) atoms. The number of hydrogen-bond acceptors (Lipinski definition) is 4. The molecule has 0 bridgehead atoms. The van der Waals surface area contributed by atoms with Gasteiger partial charge in [-0.05, 0) is 43.0 Å². The van der Waals surface area contributed by atoms with E-state index in [-0.39, 0.29) is 29.6 Å². The number of aliphatic hydroxyl groups is 1. The third-order valence-electron chi connectivity index (χ3n) is 5.84. The molecule has 2 saturated heterocycles. The second-order valence-electron chi connectivity index (χ2n) is 8.16. The van der Waals surface area contributed by atoms with Crippen molar-refractivity contribution in [1.29, 1.82) is 0 Å². The minimum absolute atomic E-state index is 0.0912. The molecule has 6 heteroatoms. The van der Waals surface area contributed by atoms with Crippen LogP contribution >= 0.6 is 0 Å². The van der Waals surface area contributed by atoms with Gasteiger partial charge in [-0.3, -0.25) is 4.79 Å². The van der Waals surface area contributed by atoms with Gasteiger partial charge in [-0.1, -0.05) is 13.8 Å². The highest BCUT2D eigenvalue weighted by Crippen LogP contribution is 2.43. The zero-order valence-electron chi connectivity index (χ0n) is 15.9. The minimum atomic E-state index is -0.532. The third kappa shape index (κ3) is 3.58. The second-order valence-corrected chi connectivity index (χ2v) is 8.16. The predicted molar refractivity (Wildman–Crippen MR) is 97.8 cm³/mol. The van der Waals surface area contributed by atoms with Gasteiger partial charge in [0.25, 0.3) is 5.91 Å². The van der Waals surface area contributed by atoms with Gasteiger partial charge in [0.15, 0.2) is 11.6 Å². The van der Waals surface area contributed by atoms with E-state index in [4.69, 9.17) is 4.74 Å². The molecule has 2 aliphatic heterocycles. The van der Waals surface area contributed by atoms with Gasteiger partial charge in [0, 0.05) is 37.2 Å². The van der Waals surface area contributed by atoms with E-state index < -0.39 is 5.82 Å². The number of fused-ring (bicyclic) bond motifs is 1. The first-order valence-corrected chi connectivity index (χ1v) is 9.34. The van der Waals surface area contributed by atoms with E-state index in [0.717, 1.165) is 26.1 Å². The highest BCUT2D eigenvalue weighted by atomic mass is 19.1. The number of carbonyl (C=O) groups is 1. The van der Waals surface area contributed by atoms with Crippen LogP contribution in [0.15, 0.2) is 18.2 Å². The van der Waals surface area contributed by atoms with Gasteiger partial charge in [-0.15, -0.1) is 0 Å². The number of aliphatic hydroxyl groups excluding tert-OH is 1. The lowest BCUT2D eigenvalue weighted by molar-refractivity contribution is 0.0153. The number of carbonyl (C=O) groups excluding carboxylic acids is 1. The quantitative estimate of drug-likeness (QED) is 0.871. The fourth-order valence-electron chi connectivity index (χ4n) is 4.43. The first kappa shape index (κ1) is 19.1. The summed E-state index contributed by atoms with van der Waals surface area (Å²) >= 11 is 0. The molecule has 0 aromatic heterocycles. The summed E-state index contributed by atoms with van der Waals surface area (Å²) in [6, 6.07) is 4.32. The van der Waals surface area contributed by atoms with E-state index in [1.54, 1.807) is 11.0 Å². The highest BCUT2D eigenvalue weighted by Gasteiger charge is 2.50. The van der Waals surface area contributed by atoms with Crippen LogP contribution in [0.25, 0.3) is 0 Å². The van der Waals surface area contributed by atoms with E-state index in [0.29, 0.717) is 24.6 Å². The Labute approximate surface area is 154 Å². The van der Waals surface area contributed by atoms with Crippen LogP contribution in [0, 0.1) is 23.1 Å². The van der Waals surface area contributed by atoms with Gasteiger partial charge in [0.1, 0.15) is 0 Å². The topological polar surface area (TPSA) is 53.0 Å². The standard InChI is InChI=1S/C20H29FN2O3/c1-14(2)9-22-7-6-20(13-24)12-23(11-16(20)10-22)19(25)15-4-5-18(26-3)17(21)8-15/h4-5,8,14,16,24H,6-7,9-13H2,1-3H3/t16-,20+/m0/s1. The molecule has 0 spiro atoms. The molecular formula is C20H29FN2O3. The van der Waals surface area contributed by atoms with Gasteiger partial charge in [-0.2, -0.15) is 0 Å². The van der Waals surface area contributed by atoms with Crippen LogP contribution < -0.4 is 4.74 Å². The van der Waals surface area contributed by atoms with Gasteiger partial charge < -0.3 is 19.6 Å². The Hall–Kier alpha value is -1.66. The molecule has 1 amide bonds. The van der Waals surface area contributed by atoms with Gasteiger partial charge in [0.2, 0.25) is 0 Å². The number of amides is 1. The fourth-order valence-corrected chi connectivity index (χ4v) is 4.43. The van der Waals surface area contributed by atoms with Crippen LogP contribution in [0.5, 0.6) is 5.75 Å². The van der Waals surface area contributed by atoms with E-state index in [1.165, 1.54) is 19.2 Å². The first-order valence-electron chi connectivity index (χ1n) is 9.34. The lowest BCUT2D eigenvalue weighted by Crippen LogP contribution is -2.49. The van der Waals surface area contributed by atoms with Crippen LogP contribution in [-0.4, -0.2) is 67.3 Å². The molecule has 1 aromatic rings. The van der Waals surface area contributed by atoms with Crippen molar-refractivity contribution in [3.63, 3.8) is 0 Å². The lowest BCUT2D eigenvalue weighted by Gasteiger charge is -2.42. The molecule has 2 atom stereocenters. The molecule has 0 radical (unpaired) electrons. The summed E-state index contributed by atoms with van der Waals surface area (Å²) in [6.07, 6.45) is 0.891. The van der Waals surface area contributed by atoms with Crippen LogP contribution in [0.4, 0.5) is 4.39 Å². The maximum atomic E-state index is 14.0. The Morgan fingerprint density at radius 2 is 2.19 bits per heavy atom. The van der Waals surface area contributed by atoms with Crippen molar-refractivity contribution in [2.24, 2.45) is 17.3 Å². The van der Waals surface area contributed by atoms with Gasteiger partial charge in [-0.25, -0.2) is 4.39 Å². The normalized spacial score (nSPS) is 26.2. The van der Waals surface area contributed by atoms with Crippen LogP contribution in [0.2, 0.25) is 0 Å². The average molecular weight is 364 g/mol. The number of benzene rings is 1. The maximum absolute atomic E-state index is 14.0. The zero-order chi connectivity index (χ0) is 18.9. The monoisotopic (exact) mass is 364 g/mol. The highest BCUT2D eigenvalue weighted by molar-refractivity contribution is 5.94. The van der Waals surface area contributed by atoms with Crippen molar-refractivity contribution < 1.29 is 19.0 Å². The van der Waals surface area contributed by atoms with Crippen LogP contribution in [0.3, 0.4) is 0 Å². The Morgan fingerprint density at radius 1 is 1.42 bits per heavy atom. The molecule has 5 nitrogen and oxygen atoms in total. The van der Waals surface area contributed by atoms with Crippen molar-refractivity contribution in [2.75, 3.05) is 46.4 Å². The molecule has 0 aliphatic carbocycles. The fraction of sp³-hybridized carbons (Fsp3) is 0.650. The number of piperidine rings is 1. The van der Waals surface area contributed by atoms with E-state index in [2.05, 4.69) is 18.7 Å². The van der Waals surface area contributed by atoms with Crippen molar-refractivity contribution in [1.82, 2.24) is 9.80 Å². The molecular weight excluding hydrogens is 335 g/mol. The molecule has 3 rings (SSSR count). The first-order chi connectivity index (χ1) is 12.4. The summed E-state index contributed by atoms with van der Waals surface area (Å²) in [5.41, 5.74) is 0.0998. The Morgan fingerprint density at radius 3 is 2.81 bits per heavy atom. The Bertz CT molecular complexity index is 666. The minimum Gasteiger partial charge on any atom is -0.494 e. The largest absolute Gasteiger partial charge is 0.494 e. The van der Waals surface area contributed by atoms with Crippen LogP contribution in [-0.2, 0) is 0 Å². The number of rotatable bonds is 5. The summed E-state index contributed by atoms with van der Waals surface area (Å²) < 4.78 is 18.9. The van der Waals surface area contributed by atoms with Crippen molar-refractivity contribution in [3.05, 3.63) is 29.6 Å². The number of halogens is 1. The summed E-state index contributed by atoms with van der Waals surface area (Å²) in [7, 11) is 1.40. The number of nitrogens with zero attached hydrogens (tertiary/aromatic N) is 2. The third-order valence-corrected chi connectivity index (χ3v) is 5.84. The van der Waals surface area contributed by atoms with E-state index >= 15 is 0 Å². The zero-order valence-corrected chi connectivity index (χ0v) is 15.9. The lowest BCUT2D eigenvalue weighted by atomic mass is 9.73. The maximum Gasteiger partial charge on any atom is 0.253 e. The van der Waals surface area contributed by atoms with Gasteiger partial charge >= 0.3 is 0 Å². The van der Waals surface area contributed by atoms with Crippen molar-refractivity contribution in [3.8, 4) is 5.75 Å². The Balaban J connectivity index is 1.74. The van der Waals surface area contributed by atoms with Crippen molar-refractivity contribution in [2.45, 2.75) is 20.3 Å². The number of ether oxygens (including phenoxy) is 1. The number of likely N-dealkylation sites (tertiary alicyclic amines) is 2. The van der Waals surface area contributed by atoms with E-state index in [1.807, 2.05) is 0 Å². The molecule has 0 unspecified atom stereocenters. The smallest absolute Gasteiger partial charge is 0.253 e. The molecule has 2 heterocycles. The molecule has 1 aromatic carbocycles. The number of hydrogen-bond donors (Lipinski definition) is 1. The van der Waals surface area contributed by atoms with Gasteiger partial charge in [0.05, 0.1) is 13.7 Å². The predicted octanol–water partition coefficient (Wildman–Crippen LogP) is 2.25. The summed E-state index contributed by atoms with van der Waals surface area (Å²) in [5.74, 6) is 0.275. The second kappa shape index (κ2) is 7.53. The average Bonchev–Trinajstić information content (AvgIpc) is 3.00. The molecule has 0 saturated carbocycles. The summed E-state index contributed by atoms with van der Waals surface area (Å²) in [4.78, 5) is 17.1. The van der Waals surface area contributed by atoms with Crippen LogP contribution in [0.1, 0.15) is 30.6 Å². The number of methoxy groups -OCH3 is 1. The molecule has 1 N–H and O–H groups in total. The molecule has 2 fully saturated rings. The summed E-state index contributed by atoms with van der Waals surface area (Å²) in [5, 5.41) is 10.1. The molecule has 144 valence electrons. The summed E-state index contributed by atoms with van der Waals surface area (Å²) in [6.45, 7) is 8.54. The van der Waals surface area contributed by atoms with E-state index in [9.17, 15) is 14.3 Å². The molecule has 2 aliphatic rings. The SMILES string of the molecule is COc1ccc(C(=O)N2C[C@@H]3CN(CC(C)C)CC[C@]3(CO)C2)cc1F.